The molecule has 0 aliphatic carbocycles. The fourth-order valence-electron chi connectivity index (χ4n) is 1.90. The van der Waals surface area contributed by atoms with Gasteiger partial charge < -0.3 is 10.6 Å². The molecule has 1 fully saturated rings. The summed E-state index contributed by atoms with van der Waals surface area (Å²) in [5.41, 5.74) is 0.632. The summed E-state index contributed by atoms with van der Waals surface area (Å²) in [6, 6.07) is 5.00. The highest BCUT2D eigenvalue weighted by Crippen LogP contribution is 2.22. The third-order valence-corrected chi connectivity index (χ3v) is 3.16. The molecule has 1 aromatic carbocycles. The van der Waals surface area contributed by atoms with Gasteiger partial charge in [0.1, 0.15) is 0 Å². The number of halogens is 4. The maximum absolute atomic E-state index is 11.8. The van der Waals surface area contributed by atoms with E-state index in [-0.39, 0.29) is 30.7 Å². The number of piperazine rings is 1. The molecule has 0 unspecified atom stereocenters. The van der Waals surface area contributed by atoms with Crippen LogP contribution < -0.4 is 10.6 Å². The fraction of sp³-hybridized carbons (Fsp3) is 0.417. The monoisotopic (exact) mass is 359 g/mol. The number of carbonyl (C=O) groups excluding carboxylic acids is 1. The Hall–Kier alpha value is -0.230. The predicted molar refractivity (Wildman–Crippen MR) is 88.9 cm³/mol. The molecular formula is C12H17Cl4N3O. The summed E-state index contributed by atoms with van der Waals surface area (Å²) in [5, 5.41) is 7.07. The lowest BCUT2D eigenvalue weighted by Crippen LogP contribution is -2.46. The molecule has 2 rings (SSSR count). The van der Waals surface area contributed by atoms with Gasteiger partial charge >= 0.3 is 0 Å². The first kappa shape index (κ1) is 19.8. The highest BCUT2D eigenvalue weighted by atomic mass is 35.5. The Morgan fingerprint density at radius 2 is 1.70 bits per heavy atom. The van der Waals surface area contributed by atoms with Crippen molar-refractivity contribution in [2.24, 2.45) is 0 Å². The summed E-state index contributed by atoms with van der Waals surface area (Å²) in [5.74, 6) is -0.0461. The molecule has 0 radical (unpaired) electrons. The van der Waals surface area contributed by atoms with Crippen molar-refractivity contribution < 1.29 is 4.79 Å². The molecule has 0 saturated carbocycles. The number of benzene rings is 1. The van der Waals surface area contributed by atoms with Crippen molar-refractivity contribution in [3.05, 3.63) is 28.2 Å². The Labute approximate surface area is 141 Å². The molecule has 2 N–H and O–H groups in total. The van der Waals surface area contributed by atoms with E-state index in [4.69, 9.17) is 23.2 Å². The van der Waals surface area contributed by atoms with Crippen LogP contribution in [-0.2, 0) is 4.79 Å². The highest BCUT2D eigenvalue weighted by molar-refractivity contribution is 6.35. The van der Waals surface area contributed by atoms with E-state index in [9.17, 15) is 4.79 Å². The van der Waals surface area contributed by atoms with Crippen molar-refractivity contribution in [2.75, 3.05) is 38.0 Å². The first-order chi connectivity index (χ1) is 8.63. The summed E-state index contributed by atoms with van der Waals surface area (Å²) in [6.07, 6.45) is 0. The van der Waals surface area contributed by atoms with Crippen molar-refractivity contribution in [1.29, 1.82) is 0 Å². The average Bonchev–Trinajstić information content (AvgIpc) is 2.28. The van der Waals surface area contributed by atoms with Crippen LogP contribution in [0.2, 0.25) is 10.0 Å². The Balaban J connectivity index is 0.00000180. The molecule has 114 valence electrons. The second-order valence-electron chi connectivity index (χ2n) is 4.23. The van der Waals surface area contributed by atoms with Gasteiger partial charge in [0.15, 0.2) is 0 Å². The van der Waals surface area contributed by atoms with Crippen LogP contribution >= 0.6 is 48.0 Å². The first-order valence-electron chi connectivity index (χ1n) is 5.82. The molecule has 1 saturated heterocycles. The topological polar surface area (TPSA) is 44.4 Å². The van der Waals surface area contributed by atoms with Crippen molar-refractivity contribution in [3.8, 4) is 0 Å². The molecule has 0 bridgehead atoms. The predicted octanol–water partition coefficient (Wildman–Crippen LogP) is 2.68. The molecule has 0 aromatic heterocycles. The van der Waals surface area contributed by atoms with Gasteiger partial charge in [0, 0.05) is 41.9 Å². The lowest BCUT2D eigenvalue weighted by atomic mass is 10.3. The summed E-state index contributed by atoms with van der Waals surface area (Å²) in [7, 11) is 0. The minimum absolute atomic E-state index is 0. The van der Waals surface area contributed by atoms with Gasteiger partial charge in [-0.3, -0.25) is 9.69 Å². The summed E-state index contributed by atoms with van der Waals surface area (Å²) in [4.78, 5) is 14.0. The lowest BCUT2D eigenvalue weighted by molar-refractivity contribution is -0.117. The van der Waals surface area contributed by atoms with Crippen molar-refractivity contribution in [2.45, 2.75) is 0 Å². The maximum atomic E-state index is 11.8. The van der Waals surface area contributed by atoms with Gasteiger partial charge in [-0.1, -0.05) is 23.2 Å². The Kier molecular flexibility index (Phi) is 9.55. The van der Waals surface area contributed by atoms with E-state index in [1.54, 1.807) is 18.2 Å². The van der Waals surface area contributed by atoms with Crippen LogP contribution in [0.3, 0.4) is 0 Å². The number of hydrogen-bond acceptors (Lipinski definition) is 3. The van der Waals surface area contributed by atoms with Crippen LogP contribution in [-0.4, -0.2) is 43.5 Å². The number of anilines is 1. The standard InChI is InChI=1S/C12H15Cl2N3O.2ClH/c13-9-5-10(14)7-11(6-9)16-12(18)8-17-3-1-15-2-4-17;;/h5-7,15H,1-4,8H2,(H,16,18);2*1H. The van der Waals surface area contributed by atoms with Crippen molar-refractivity contribution >= 4 is 59.6 Å². The van der Waals surface area contributed by atoms with E-state index in [0.717, 1.165) is 26.2 Å². The van der Waals surface area contributed by atoms with Crippen molar-refractivity contribution in [1.82, 2.24) is 10.2 Å². The zero-order valence-electron chi connectivity index (χ0n) is 10.7. The molecular weight excluding hydrogens is 344 g/mol. The molecule has 1 amide bonds. The van der Waals surface area contributed by atoms with Gasteiger partial charge in [-0.25, -0.2) is 0 Å². The van der Waals surface area contributed by atoms with E-state index >= 15 is 0 Å². The highest BCUT2D eigenvalue weighted by Gasteiger charge is 2.13. The molecule has 1 aromatic rings. The van der Waals surface area contributed by atoms with Crippen LogP contribution in [0.15, 0.2) is 18.2 Å². The van der Waals surface area contributed by atoms with E-state index in [2.05, 4.69) is 15.5 Å². The van der Waals surface area contributed by atoms with Gasteiger partial charge in [-0.15, -0.1) is 24.8 Å². The van der Waals surface area contributed by atoms with E-state index in [1.165, 1.54) is 0 Å². The van der Waals surface area contributed by atoms with E-state index in [1.807, 2.05) is 0 Å². The fourth-order valence-corrected chi connectivity index (χ4v) is 2.42. The Bertz CT molecular complexity index is 418. The summed E-state index contributed by atoms with van der Waals surface area (Å²) >= 11 is 11.7. The normalized spacial score (nSPS) is 14.9. The Morgan fingerprint density at radius 1 is 1.15 bits per heavy atom. The SMILES string of the molecule is Cl.Cl.O=C(CN1CCNCC1)Nc1cc(Cl)cc(Cl)c1. The quantitative estimate of drug-likeness (QED) is 0.870. The Morgan fingerprint density at radius 3 is 2.25 bits per heavy atom. The molecule has 4 nitrogen and oxygen atoms in total. The smallest absolute Gasteiger partial charge is 0.238 e. The largest absolute Gasteiger partial charge is 0.325 e. The van der Waals surface area contributed by atoms with Crippen LogP contribution in [0.1, 0.15) is 0 Å². The molecule has 20 heavy (non-hydrogen) atoms. The zero-order valence-corrected chi connectivity index (χ0v) is 13.8. The second-order valence-corrected chi connectivity index (χ2v) is 5.11. The van der Waals surface area contributed by atoms with Crippen LogP contribution in [0.4, 0.5) is 5.69 Å². The van der Waals surface area contributed by atoms with E-state index < -0.39 is 0 Å². The van der Waals surface area contributed by atoms with Crippen LogP contribution in [0.5, 0.6) is 0 Å². The molecule has 0 atom stereocenters. The van der Waals surface area contributed by atoms with Crippen LogP contribution in [0.25, 0.3) is 0 Å². The molecule has 0 spiro atoms. The summed E-state index contributed by atoms with van der Waals surface area (Å²) in [6.45, 7) is 4.03. The van der Waals surface area contributed by atoms with E-state index in [0.29, 0.717) is 22.3 Å². The first-order valence-corrected chi connectivity index (χ1v) is 6.58. The van der Waals surface area contributed by atoms with Gasteiger partial charge in [-0.2, -0.15) is 0 Å². The number of rotatable bonds is 3. The molecule has 8 heteroatoms. The lowest BCUT2D eigenvalue weighted by Gasteiger charge is -2.26. The average molecular weight is 361 g/mol. The summed E-state index contributed by atoms with van der Waals surface area (Å²) < 4.78 is 0. The minimum atomic E-state index is -0.0461. The third kappa shape index (κ3) is 6.48. The molecule has 1 aliphatic heterocycles. The van der Waals surface area contributed by atoms with Gasteiger partial charge in [-0.05, 0) is 18.2 Å². The van der Waals surface area contributed by atoms with Gasteiger partial charge in [0.05, 0.1) is 6.54 Å². The van der Waals surface area contributed by atoms with Crippen LogP contribution in [0, 0.1) is 0 Å². The molecule has 1 aliphatic rings. The number of amides is 1. The third-order valence-electron chi connectivity index (χ3n) is 2.72. The maximum Gasteiger partial charge on any atom is 0.238 e. The number of nitrogens with one attached hydrogen (secondary N) is 2. The van der Waals surface area contributed by atoms with Gasteiger partial charge in [0.2, 0.25) is 5.91 Å². The second kappa shape index (κ2) is 9.66. The molecule has 1 heterocycles. The number of carbonyl (C=O) groups is 1. The number of nitrogens with zero attached hydrogens (tertiary/aromatic N) is 1. The van der Waals surface area contributed by atoms with Gasteiger partial charge in [0.25, 0.3) is 0 Å². The zero-order chi connectivity index (χ0) is 13.0. The number of hydrogen-bond donors (Lipinski definition) is 2. The minimum Gasteiger partial charge on any atom is -0.325 e. The van der Waals surface area contributed by atoms with Crippen molar-refractivity contribution in [3.63, 3.8) is 0 Å².